The Hall–Kier alpha value is -3.07. The number of fused-ring (bicyclic) bond motifs is 1. The summed E-state index contributed by atoms with van der Waals surface area (Å²) in [6, 6.07) is 12.3. The summed E-state index contributed by atoms with van der Waals surface area (Å²) < 4.78 is 34.9. The Morgan fingerprint density at radius 3 is 2.49 bits per heavy atom. The van der Waals surface area contributed by atoms with Crippen molar-refractivity contribution in [1.29, 1.82) is 0 Å². The molecule has 5 nitrogen and oxygen atoms in total. The number of carbonyl (C=O) groups excluding carboxylic acids is 1. The Bertz CT molecular complexity index is 1520. The highest BCUT2D eigenvalue weighted by Crippen LogP contribution is 2.40. The first-order valence-corrected chi connectivity index (χ1v) is 14.1. The lowest BCUT2D eigenvalue weighted by molar-refractivity contribution is 0.0604. The van der Waals surface area contributed by atoms with Crippen LogP contribution in [0.5, 0.6) is 5.75 Å². The predicted octanol–water partition coefficient (Wildman–Crippen LogP) is 7.38. The summed E-state index contributed by atoms with van der Waals surface area (Å²) in [5.41, 5.74) is 3.73. The molecule has 4 aromatic rings. The molecule has 39 heavy (non-hydrogen) atoms. The molecule has 0 radical (unpaired) electrons. The molecule has 2 aromatic heterocycles. The van der Waals surface area contributed by atoms with Gasteiger partial charge in [0.25, 0.3) is 5.91 Å². The van der Waals surface area contributed by atoms with Crippen molar-refractivity contribution in [2.75, 3.05) is 14.2 Å². The molecule has 1 saturated carbocycles. The van der Waals surface area contributed by atoms with Crippen LogP contribution in [0.4, 0.5) is 8.78 Å². The minimum absolute atomic E-state index is 0.0427. The molecule has 204 valence electrons. The number of hydrogen-bond acceptors (Lipinski definition) is 5. The molecule has 0 unspecified atom stereocenters. The first-order chi connectivity index (χ1) is 18.8. The van der Waals surface area contributed by atoms with Crippen LogP contribution in [0.3, 0.4) is 0 Å². The lowest BCUT2D eigenvalue weighted by Crippen LogP contribution is -2.44. The fourth-order valence-corrected chi connectivity index (χ4v) is 6.90. The molecule has 1 N–H and O–H groups in total. The van der Waals surface area contributed by atoms with Crippen LogP contribution in [0.2, 0.25) is 5.02 Å². The minimum Gasteiger partial charge on any atom is -0.496 e. The maximum Gasteiger partial charge on any atom is 0.266 e. The zero-order valence-electron chi connectivity index (χ0n) is 22.1. The largest absolute Gasteiger partial charge is 0.496 e. The van der Waals surface area contributed by atoms with Gasteiger partial charge in [-0.25, -0.2) is 8.78 Å². The van der Waals surface area contributed by atoms with Gasteiger partial charge in [0, 0.05) is 36.1 Å². The van der Waals surface area contributed by atoms with Gasteiger partial charge in [-0.1, -0.05) is 17.7 Å². The Morgan fingerprint density at radius 2 is 1.82 bits per heavy atom. The number of ether oxygens (including phenoxy) is 1. The van der Waals surface area contributed by atoms with Gasteiger partial charge >= 0.3 is 0 Å². The fraction of sp³-hybridized carbons (Fsp3) is 0.333. The number of carbonyl (C=O) groups is 1. The number of nitrogens with zero attached hydrogens (tertiary/aromatic N) is 2. The van der Waals surface area contributed by atoms with Gasteiger partial charge < -0.3 is 15.0 Å². The highest BCUT2D eigenvalue weighted by atomic mass is 35.5. The zero-order chi connectivity index (χ0) is 27.7. The van der Waals surface area contributed by atoms with E-state index in [-0.39, 0.29) is 38.5 Å². The monoisotopic (exact) mass is 569 g/mol. The van der Waals surface area contributed by atoms with Crippen molar-refractivity contribution in [3.63, 3.8) is 0 Å². The topological polar surface area (TPSA) is 54.5 Å². The summed E-state index contributed by atoms with van der Waals surface area (Å²) >= 11 is 7.46. The third-order valence-electron chi connectivity index (χ3n) is 7.53. The Balaban J connectivity index is 1.56. The maximum absolute atomic E-state index is 14.6. The molecule has 0 spiro atoms. The van der Waals surface area contributed by atoms with Crippen LogP contribution in [0.1, 0.15) is 46.6 Å². The zero-order valence-corrected chi connectivity index (χ0v) is 23.6. The van der Waals surface area contributed by atoms with E-state index in [0.717, 1.165) is 71.5 Å². The first kappa shape index (κ1) is 27.5. The SMILES string of the molecule is CNC1CCC(N(Cc2cc(-c3ccnc(C)c3)ccc2OC)C(=O)c2sc3c(F)ccc(F)c3c2Cl)CC1. The summed E-state index contributed by atoms with van der Waals surface area (Å²) in [4.78, 5) is 20.4. The van der Waals surface area contributed by atoms with E-state index in [2.05, 4.69) is 10.3 Å². The van der Waals surface area contributed by atoms with Crippen LogP contribution in [-0.2, 0) is 6.54 Å². The fourth-order valence-electron chi connectivity index (χ4n) is 5.40. The summed E-state index contributed by atoms with van der Waals surface area (Å²) in [5.74, 6) is -0.916. The summed E-state index contributed by atoms with van der Waals surface area (Å²) in [6.45, 7) is 2.21. The second-order valence-electron chi connectivity index (χ2n) is 9.92. The smallest absolute Gasteiger partial charge is 0.266 e. The molecule has 9 heteroatoms. The van der Waals surface area contributed by atoms with E-state index < -0.39 is 11.6 Å². The molecule has 0 atom stereocenters. The van der Waals surface area contributed by atoms with Gasteiger partial charge in [0.05, 0.1) is 22.2 Å². The van der Waals surface area contributed by atoms with Crippen LogP contribution >= 0.6 is 22.9 Å². The molecule has 0 aliphatic heterocycles. The van der Waals surface area contributed by atoms with E-state index in [4.69, 9.17) is 16.3 Å². The number of benzene rings is 2. The molecule has 2 aromatic carbocycles. The van der Waals surface area contributed by atoms with Crippen LogP contribution in [0, 0.1) is 18.6 Å². The van der Waals surface area contributed by atoms with E-state index in [1.165, 1.54) is 0 Å². The Kier molecular flexibility index (Phi) is 8.16. The summed E-state index contributed by atoms with van der Waals surface area (Å²) in [5, 5.41) is 3.24. The third kappa shape index (κ3) is 5.51. The number of aromatic nitrogens is 1. The molecular weight excluding hydrogens is 540 g/mol. The molecule has 1 aliphatic rings. The first-order valence-electron chi connectivity index (χ1n) is 12.9. The van der Waals surface area contributed by atoms with Crippen molar-refractivity contribution in [2.24, 2.45) is 0 Å². The van der Waals surface area contributed by atoms with Crippen molar-refractivity contribution in [3.8, 4) is 16.9 Å². The van der Waals surface area contributed by atoms with Crippen LogP contribution in [-0.4, -0.2) is 42.0 Å². The van der Waals surface area contributed by atoms with Crippen molar-refractivity contribution in [1.82, 2.24) is 15.2 Å². The molecule has 1 aliphatic carbocycles. The standard InChI is InChI=1S/C30H30ClF2N3O2S/c1-17-14-19(12-13-35-17)18-4-11-25(38-3)20(15-18)16-36(22-7-5-21(34-2)6-8-22)30(37)29-27(31)26-23(32)9-10-24(33)28(26)39-29/h4,9-15,21-22,34H,5-8,16H2,1-3H3. The van der Waals surface area contributed by atoms with E-state index in [1.54, 1.807) is 18.2 Å². The van der Waals surface area contributed by atoms with Gasteiger partial charge in [-0.3, -0.25) is 9.78 Å². The maximum atomic E-state index is 14.6. The third-order valence-corrected chi connectivity index (χ3v) is 9.21. The quantitative estimate of drug-likeness (QED) is 0.252. The van der Waals surface area contributed by atoms with Crippen molar-refractivity contribution >= 4 is 38.9 Å². The molecular formula is C30H30ClF2N3O2S. The number of amides is 1. The van der Waals surface area contributed by atoms with Crippen molar-refractivity contribution < 1.29 is 18.3 Å². The number of halogens is 3. The predicted molar refractivity (Wildman–Crippen MR) is 153 cm³/mol. The molecule has 2 heterocycles. The van der Waals surface area contributed by atoms with Crippen molar-refractivity contribution in [2.45, 2.75) is 51.2 Å². The molecule has 5 rings (SSSR count). The number of thiophene rings is 1. The number of hydrogen-bond donors (Lipinski definition) is 1. The number of aryl methyl sites for hydroxylation is 1. The lowest BCUT2D eigenvalue weighted by atomic mass is 9.89. The van der Waals surface area contributed by atoms with E-state index in [0.29, 0.717) is 11.8 Å². The average Bonchev–Trinajstić information content (AvgIpc) is 3.31. The van der Waals surface area contributed by atoms with E-state index >= 15 is 0 Å². The van der Waals surface area contributed by atoms with Gasteiger partial charge in [-0.2, -0.15) is 0 Å². The summed E-state index contributed by atoms with van der Waals surface area (Å²) in [7, 11) is 3.55. The summed E-state index contributed by atoms with van der Waals surface area (Å²) in [6.07, 6.45) is 5.21. The van der Waals surface area contributed by atoms with Gasteiger partial charge in [0.2, 0.25) is 0 Å². The van der Waals surface area contributed by atoms with Gasteiger partial charge in [0.15, 0.2) is 0 Å². The van der Waals surface area contributed by atoms with Gasteiger partial charge in [-0.05, 0) is 87.2 Å². The van der Waals surface area contributed by atoms with Crippen LogP contribution < -0.4 is 10.1 Å². The molecule has 1 fully saturated rings. The number of rotatable bonds is 7. The second kappa shape index (κ2) is 11.6. The molecule has 0 bridgehead atoms. The number of methoxy groups -OCH3 is 1. The van der Waals surface area contributed by atoms with Gasteiger partial charge in [-0.15, -0.1) is 11.3 Å². The van der Waals surface area contributed by atoms with Crippen molar-refractivity contribution in [3.05, 3.63) is 81.5 Å². The average molecular weight is 570 g/mol. The van der Waals surface area contributed by atoms with Crippen LogP contribution in [0.25, 0.3) is 21.2 Å². The lowest BCUT2D eigenvalue weighted by Gasteiger charge is -2.37. The normalized spacial score (nSPS) is 17.4. The number of pyridine rings is 1. The minimum atomic E-state index is -0.644. The Morgan fingerprint density at radius 1 is 1.10 bits per heavy atom. The van der Waals surface area contributed by atoms with Crippen LogP contribution in [0.15, 0.2) is 48.7 Å². The highest BCUT2D eigenvalue weighted by molar-refractivity contribution is 7.21. The van der Waals surface area contributed by atoms with E-state index in [1.807, 2.05) is 44.3 Å². The molecule has 1 amide bonds. The number of nitrogens with one attached hydrogen (secondary N) is 1. The molecule has 0 saturated heterocycles. The second-order valence-corrected chi connectivity index (χ2v) is 11.3. The van der Waals surface area contributed by atoms with E-state index in [9.17, 15) is 13.6 Å². The highest BCUT2D eigenvalue weighted by Gasteiger charge is 2.33. The van der Waals surface area contributed by atoms with Gasteiger partial charge in [0.1, 0.15) is 22.3 Å². The Labute approximate surface area is 235 Å².